The molecule has 2 unspecified atom stereocenters. The fourth-order valence-electron chi connectivity index (χ4n) is 4.54. The van der Waals surface area contributed by atoms with Crippen LogP contribution in [0.2, 0.25) is 0 Å². The van der Waals surface area contributed by atoms with Crippen LogP contribution in [0.1, 0.15) is 57.1 Å². The summed E-state index contributed by atoms with van der Waals surface area (Å²) in [5.74, 6) is -0.114. The molecular weight excluding hydrogens is 466 g/mol. The lowest BCUT2D eigenvalue weighted by Crippen LogP contribution is -2.44. The van der Waals surface area contributed by atoms with Gasteiger partial charge in [0.05, 0.1) is 16.5 Å². The zero-order valence-corrected chi connectivity index (χ0v) is 21.4. The number of nitrogens with one attached hydrogen (secondary N) is 2. The van der Waals surface area contributed by atoms with Gasteiger partial charge >= 0.3 is 0 Å². The van der Waals surface area contributed by atoms with E-state index in [-0.39, 0.29) is 23.3 Å². The van der Waals surface area contributed by atoms with Crippen molar-refractivity contribution in [3.8, 4) is 5.75 Å². The number of rotatable bonds is 6. The normalized spacial score (nSPS) is 20.7. The van der Waals surface area contributed by atoms with Crippen LogP contribution in [0.25, 0.3) is 0 Å². The van der Waals surface area contributed by atoms with E-state index in [1.54, 1.807) is 13.0 Å². The second-order valence-electron chi connectivity index (χ2n) is 9.59. The van der Waals surface area contributed by atoms with E-state index in [9.17, 15) is 18.0 Å². The molecule has 0 bridgehead atoms. The minimum absolute atomic E-state index is 0.115. The minimum atomic E-state index is -3.86. The highest BCUT2D eigenvalue weighted by atomic mass is 32.2. The molecule has 4 rings (SSSR count). The number of nitrogens with zero attached hydrogens (tertiary/aromatic N) is 1. The van der Waals surface area contributed by atoms with Crippen LogP contribution in [-0.2, 0) is 19.6 Å². The maximum atomic E-state index is 13.6. The number of hydrogen-bond donors (Lipinski definition) is 2. The van der Waals surface area contributed by atoms with Crippen molar-refractivity contribution in [2.24, 2.45) is 5.92 Å². The summed E-state index contributed by atoms with van der Waals surface area (Å²) in [4.78, 5) is 25.2. The molecule has 1 fully saturated rings. The molecule has 0 spiro atoms. The maximum Gasteiger partial charge on any atom is 0.265 e. The van der Waals surface area contributed by atoms with Gasteiger partial charge in [-0.3, -0.25) is 9.59 Å². The number of hydrogen-bond acceptors (Lipinski definition) is 5. The molecule has 0 saturated carbocycles. The van der Waals surface area contributed by atoms with E-state index in [1.165, 1.54) is 15.9 Å². The Labute approximate surface area is 207 Å². The van der Waals surface area contributed by atoms with Crippen LogP contribution in [0.15, 0.2) is 41.3 Å². The second kappa shape index (κ2) is 9.99. The predicted octanol–water partition coefficient (Wildman–Crippen LogP) is 4.27. The summed E-state index contributed by atoms with van der Waals surface area (Å²) < 4.78 is 34.3. The molecule has 2 aromatic rings. The summed E-state index contributed by atoms with van der Waals surface area (Å²) in [5.41, 5.74) is 2.87. The average molecular weight is 500 g/mol. The third kappa shape index (κ3) is 5.21. The smallest absolute Gasteiger partial charge is 0.265 e. The van der Waals surface area contributed by atoms with Gasteiger partial charge in [-0.2, -0.15) is 4.31 Å². The molecule has 2 heterocycles. The lowest BCUT2D eigenvalue weighted by molar-refractivity contribution is -0.123. The van der Waals surface area contributed by atoms with E-state index in [1.807, 2.05) is 31.2 Å². The summed E-state index contributed by atoms with van der Waals surface area (Å²) in [6.07, 6.45) is 1.04. The molecule has 8 nitrogen and oxygen atoms in total. The Hall–Kier alpha value is -2.91. The van der Waals surface area contributed by atoms with E-state index in [0.717, 1.165) is 0 Å². The highest BCUT2D eigenvalue weighted by Gasteiger charge is 2.36. The number of amides is 2. The molecule has 2 amide bonds. The van der Waals surface area contributed by atoms with Crippen molar-refractivity contribution in [3.05, 3.63) is 47.5 Å². The number of ether oxygens (including phenoxy) is 1. The summed E-state index contributed by atoms with van der Waals surface area (Å²) in [6.45, 7) is 8.21. The molecule has 2 N–H and O–H groups in total. The quantitative estimate of drug-likeness (QED) is 0.618. The Balaban J connectivity index is 1.51. The summed E-state index contributed by atoms with van der Waals surface area (Å²) in [5, 5.41) is 5.73. The van der Waals surface area contributed by atoms with Crippen LogP contribution in [0.5, 0.6) is 5.75 Å². The Morgan fingerprint density at radius 2 is 1.94 bits per heavy atom. The molecular formula is C26H33N3O5S. The van der Waals surface area contributed by atoms with Gasteiger partial charge in [-0.15, -0.1) is 0 Å². The fraction of sp³-hybridized carbons (Fsp3) is 0.462. The molecule has 2 atom stereocenters. The van der Waals surface area contributed by atoms with Crippen LogP contribution < -0.4 is 15.4 Å². The van der Waals surface area contributed by atoms with Crippen LogP contribution in [0.3, 0.4) is 0 Å². The molecule has 9 heteroatoms. The minimum Gasteiger partial charge on any atom is -0.478 e. The van der Waals surface area contributed by atoms with Crippen LogP contribution in [-0.4, -0.2) is 43.7 Å². The molecule has 188 valence electrons. The van der Waals surface area contributed by atoms with Gasteiger partial charge in [0.2, 0.25) is 15.9 Å². The maximum absolute atomic E-state index is 13.6. The molecule has 1 saturated heterocycles. The van der Waals surface area contributed by atoms with Gasteiger partial charge in [0.15, 0.2) is 6.10 Å². The standard InChI is InChI=1S/C26H33N3O5S/c1-5-22-26(31)28-21-13-17(4)24(14-23(21)34-22)35(32,33)29-12-6-7-19(15-29)25(30)27-20-10-8-18(9-11-20)16(2)3/h8-11,13-14,16,19,22H,5-7,12,15H2,1-4H3,(H,27,30)(H,28,31). The van der Waals surface area contributed by atoms with Gasteiger partial charge in [0.25, 0.3) is 5.91 Å². The molecule has 35 heavy (non-hydrogen) atoms. The van der Waals surface area contributed by atoms with Crippen molar-refractivity contribution < 1.29 is 22.7 Å². The number of carbonyl (C=O) groups is 2. The van der Waals surface area contributed by atoms with Gasteiger partial charge in [0, 0.05) is 24.8 Å². The van der Waals surface area contributed by atoms with Gasteiger partial charge in [-0.25, -0.2) is 8.42 Å². The first-order chi connectivity index (χ1) is 16.6. The Morgan fingerprint density at radius 1 is 1.23 bits per heavy atom. The third-order valence-corrected chi connectivity index (χ3v) is 8.69. The topological polar surface area (TPSA) is 105 Å². The van der Waals surface area contributed by atoms with Crippen LogP contribution >= 0.6 is 0 Å². The van der Waals surface area contributed by atoms with E-state index in [0.29, 0.717) is 54.4 Å². The van der Waals surface area contributed by atoms with E-state index in [2.05, 4.69) is 24.5 Å². The first-order valence-corrected chi connectivity index (χ1v) is 13.6. The van der Waals surface area contributed by atoms with Gasteiger partial charge in [-0.05, 0) is 61.4 Å². The number of benzene rings is 2. The predicted molar refractivity (Wildman–Crippen MR) is 135 cm³/mol. The average Bonchev–Trinajstić information content (AvgIpc) is 2.83. The number of fused-ring (bicyclic) bond motifs is 1. The molecule has 2 aliphatic rings. The lowest BCUT2D eigenvalue weighted by atomic mass is 9.98. The van der Waals surface area contributed by atoms with Crippen molar-refractivity contribution in [3.63, 3.8) is 0 Å². The molecule has 0 radical (unpaired) electrons. The van der Waals surface area contributed by atoms with Crippen LogP contribution in [0, 0.1) is 12.8 Å². The van der Waals surface area contributed by atoms with Crippen molar-refractivity contribution >= 4 is 33.2 Å². The Kier molecular flexibility index (Phi) is 7.19. The third-order valence-electron chi connectivity index (χ3n) is 6.69. The summed E-state index contributed by atoms with van der Waals surface area (Å²) >= 11 is 0. The first kappa shape index (κ1) is 25.2. The van der Waals surface area contributed by atoms with Gasteiger partial charge in [0.1, 0.15) is 5.75 Å². The van der Waals surface area contributed by atoms with Crippen LogP contribution in [0.4, 0.5) is 11.4 Å². The molecule has 2 aromatic carbocycles. The SMILES string of the molecule is CCC1Oc2cc(S(=O)(=O)N3CCCC(C(=O)Nc4ccc(C(C)C)cc4)C3)c(C)cc2NC1=O. The van der Waals surface area contributed by atoms with E-state index >= 15 is 0 Å². The molecule has 2 aliphatic heterocycles. The number of carbonyl (C=O) groups excluding carboxylic acids is 2. The number of piperidine rings is 1. The monoisotopic (exact) mass is 499 g/mol. The molecule has 0 aromatic heterocycles. The fourth-order valence-corrected chi connectivity index (χ4v) is 6.29. The first-order valence-electron chi connectivity index (χ1n) is 12.1. The van der Waals surface area contributed by atoms with Crippen molar-refractivity contribution in [1.82, 2.24) is 4.31 Å². The largest absolute Gasteiger partial charge is 0.478 e. The zero-order chi connectivity index (χ0) is 25.3. The van der Waals surface area contributed by atoms with Crippen molar-refractivity contribution in [2.75, 3.05) is 23.7 Å². The number of aryl methyl sites for hydroxylation is 1. The van der Waals surface area contributed by atoms with E-state index in [4.69, 9.17) is 4.74 Å². The lowest BCUT2D eigenvalue weighted by Gasteiger charge is -2.32. The highest BCUT2D eigenvalue weighted by Crippen LogP contribution is 2.36. The number of anilines is 2. The summed E-state index contributed by atoms with van der Waals surface area (Å²) in [7, 11) is -3.86. The highest BCUT2D eigenvalue weighted by molar-refractivity contribution is 7.89. The molecule has 0 aliphatic carbocycles. The Morgan fingerprint density at radius 3 is 2.60 bits per heavy atom. The summed E-state index contributed by atoms with van der Waals surface area (Å²) in [6, 6.07) is 10.9. The Bertz CT molecular complexity index is 1220. The van der Waals surface area contributed by atoms with Gasteiger partial charge in [-0.1, -0.05) is 32.9 Å². The van der Waals surface area contributed by atoms with Gasteiger partial charge < -0.3 is 15.4 Å². The van der Waals surface area contributed by atoms with Crippen molar-refractivity contribution in [1.29, 1.82) is 0 Å². The van der Waals surface area contributed by atoms with Crippen molar-refractivity contribution in [2.45, 2.75) is 63.9 Å². The zero-order valence-electron chi connectivity index (χ0n) is 20.6. The second-order valence-corrected chi connectivity index (χ2v) is 11.5. The number of sulfonamides is 1. The van der Waals surface area contributed by atoms with E-state index < -0.39 is 22.0 Å².